The molecule has 0 heterocycles. The number of carboxylic acids is 1. The van der Waals surface area contributed by atoms with E-state index in [2.05, 4.69) is 10.1 Å². The number of carbonyl (C=O) groups is 2. The zero-order valence-corrected chi connectivity index (χ0v) is 9.48. The van der Waals surface area contributed by atoms with E-state index >= 15 is 0 Å². The van der Waals surface area contributed by atoms with Crippen molar-refractivity contribution in [1.29, 1.82) is 0 Å². The molecule has 104 valence electrons. The number of amides is 1. The van der Waals surface area contributed by atoms with E-state index in [1.54, 1.807) is 0 Å². The van der Waals surface area contributed by atoms with Crippen LogP contribution in [0.25, 0.3) is 0 Å². The lowest BCUT2D eigenvalue weighted by Gasteiger charge is -2.16. The Morgan fingerprint density at radius 1 is 1.47 bits per heavy atom. The molecular weight excluding hydrogens is 267 g/mol. The molecule has 0 saturated carbocycles. The van der Waals surface area contributed by atoms with Crippen LogP contribution in [-0.2, 0) is 9.59 Å². The second kappa shape index (κ2) is 6.07. The van der Waals surface area contributed by atoms with Gasteiger partial charge in [0.25, 0.3) is 0 Å². The Morgan fingerprint density at radius 3 is 2.68 bits per heavy atom. The third kappa shape index (κ3) is 5.28. The zero-order valence-electron chi connectivity index (χ0n) is 9.48. The predicted molar refractivity (Wildman–Crippen MR) is 57.3 cm³/mol. The van der Waals surface area contributed by atoms with Crippen LogP contribution in [0, 0.1) is 0 Å². The predicted octanol–water partition coefficient (Wildman–Crippen LogP) is 1.85. The fourth-order valence-corrected chi connectivity index (χ4v) is 1.46. The average molecular weight is 277 g/mol. The molecule has 1 aromatic rings. The number of nitrogens with one attached hydrogen (secondary N) is 1. The largest absolute Gasteiger partial charge is 0.573 e. The standard InChI is InChI=1S/C11H10F3NO4/c12-11(13,14)19-8-3-1-2-7(4-8)9(15-6-16)5-10(17)18/h1-4,6,9H,5H2,(H,15,16)(H,17,18)/t9-/m1/s1. The molecule has 19 heavy (non-hydrogen) atoms. The van der Waals surface area contributed by atoms with Gasteiger partial charge >= 0.3 is 12.3 Å². The van der Waals surface area contributed by atoms with Crippen molar-refractivity contribution in [3.05, 3.63) is 29.8 Å². The highest BCUT2D eigenvalue weighted by molar-refractivity contribution is 5.68. The summed E-state index contributed by atoms with van der Waals surface area (Å²) < 4.78 is 39.8. The van der Waals surface area contributed by atoms with Gasteiger partial charge in [-0.25, -0.2) is 0 Å². The number of ether oxygens (including phenoxy) is 1. The molecule has 0 bridgehead atoms. The molecule has 0 aliphatic carbocycles. The summed E-state index contributed by atoms with van der Waals surface area (Å²) in [5.41, 5.74) is 0.205. The summed E-state index contributed by atoms with van der Waals surface area (Å²) in [6, 6.07) is 3.85. The lowest BCUT2D eigenvalue weighted by molar-refractivity contribution is -0.274. The maximum Gasteiger partial charge on any atom is 0.573 e. The van der Waals surface area contributed by atoms with E-state index in [4.69, 9.17) is 5.11 Å². The second-order valence-corrected chi connectivity index (χ2v) is 3.56. The first-order valence-corrected chi connectivity index (χ1v) is 5.09. The summed E-state index contributed by atoms with van der Waals surface area (Å²) in [6.07, 6.45) is -5.00. The molecule has 8 heteroatoms. The molecule has 0 aliphatic heterocycles. The molecule has 1 amide bonds. The van der Waals surface area contributed by atoms with E-state index in [0.717, 1.165) is 12.1 Å². The van der Waals surface area contributed by atoms with Gasteiger partial charge in [-0.3, -0.25) is 9.59 Å². The molecule has 1 rings (SSSR count). The molecule has 0 fully saturated rings. The smallest absolute Gasteiger partial charge is 0.481 e. The number of benzene rings is 1. The Kier molecular flexibility index (Phi) is 4.74. The van der Waals surface area contributed by atoms with Crippen LogP contribution in [0.2, 0.25) is 0 Å². The number of rotatable bonds is 6. The highest BCUT2D eigenvalue weighted by atomic mass is 19.4. The molecule has 0 unspecified atom stereocenters. The Labute approximate surface area is 106 Å². The number of carbonyl (C=O) groups excluding carboxylic acids is 1. The van der Waals surface area contributed by atoms with Crippen molar-refractivity contribution in [1.82, 2.24) is 5.32 Å². The maximum atomic E-state index is 12.0. The van der Waals surface area contributed by atoms with Crippen molar-refractivity contribution in [2.24, 2.45) is 0 Å². The zero-order chi connectivity index (χ0) is 14.5. The summed E-state index contributed by atoms with van der Waals surface area (Å²) >= 11 is 0. The number of carboxylic acid groups (broad SMARTS) is 1. The van der Waals surface area contributed by atoms with Crippen LogP contribution in [0.1, 0.15) is 18.0 Å². The minimum absolute atomic E-state index is 0.205. The first-order valence-electron chi connectivity index (χ1n) is 5.09. The van der Waals surface area contributed by atoms with E-state index in [1.807, 2.05) is 0 Å². The number of aliphatic carboxylic acids is 1. The van der Waals surface area contributed by atoms with E-state index in [0.29, 0.717) is 0 Å². The molecular formula is C11H10F3NO4. The van der Waals surface area contributed by atoms with Gasteiger partial charge in [0.1, 0.15) is 5.75 Å². The Morgan fingerprint density at radius 2 is 2.16 bits per heavy atom. The van der Waals surface area contributed by atoms with Crippen LogP contribution < -0.4 is 10.1 Å². The fourth-order valence-electron chi connectivity index (χ4n) is 1.46. The number of hydrogen-bond acceptors (Lipinski definition) is 3. The number of hydrogen-bond donors (Lipinski definition) is 2. The average Bonchev–Trinajstić information content (AvgIpc) is 2.26. The van der Waals surface area contributed by atoms with Crippen LogP contribution in [-0.4, -0.2) is 23.8 Å². The monoisotopic (exact) mass is 277 g/mol. The number of halogens is 3. The third-order valence-electron chi connectivity index (χ3n) is 2.14. The lowest BCUT2D eigenvalue weighted by Crippen LogP contribution is -2.23. The van der Waals surface area contributed by atoms with Crippen LogP contribution >= 0.6 is 0 Å². The van der Waals surface area contributed by atoms with Crippen LogP contribution in [0.4, 0.5) is 13.2 Å². The van der Waals surface area contributed by atoms with Crippen molar-refractivity contribution in [2.75, 3.05) is 0 Å². The van der Waals surface area contributed by atoms with Crippen LogP contribution in [0.3, 0.4) is 0 Å². The Hall–Kier alpha value is -2.25. The van der Waals surface area contributed by atoms with Gasteiger partial charge in [-0.2, -0.15) is 0 Å². The van der Waals surface area contributed by atoms with Crippen molar-refractivity contribution < 1.29 is 32.6 Å². The van der Waals surface area contributed by atoms with Gasteiger partial charge in [-0.1, -0.05) is 12.1 Å². The highest BCUT2D eigenvalue weighted by Gasteiger charge is 2.31. The minimum Gasteiger partial charge on any atom is -0.481 e. The first-order chi connectivity index (χ1) is 8.81. The van der Waals surface area contributed by atoms with Crippen LogP contribution in [0.5, 0.6) is 5.75 Å². The Bertz CT molecular complexity index is 461. The number of alkyl halides is 3. The van der Waals surface area contributed by atoms with E-state index < -0.39 is 30.5 Å². The van der Waals surface area contributed by atoms with Gasteiger partial charge in [-0.05, 0) is 17.7 Å². The topological polar surface area (TPSA) is 75.6 Å². The molecule has 0 spiro atoms. The normalized spacial score (nSPS) is 12.6. The third-order valence-corrected chi connectivity index (χ3v) is 2.14. The fraction of sp³-hybridized carbons (Fsp3) is 0.273. The molecule has 0 aliphatic rings. The molecule has 0 saturated heterocycles. The van der Waals surface area contributed by atoms with Gasteiger partial charge in [-0.15, -0.1) is 13.2 Å². The van der Waals surface area contributed by atoms with Gasteiger partial charge in [0.2, 0.25) is 6.41 Å². The van der Waals surface area contributed by atoms with Gasteiger partial charge in [0.15, 0.2) is 0 Å². The molecule has 1 aromatic carbocycles. The van der Waals surface area contributed by atoms with Gasteiger partial charge < -0.3 is 15.2 Å². The van der Waals surface area contributed by atoms with Crippen LogP contribution in [0.15, 0.2) is 24.3 Å². The summed E-state index contributed by atoms with van der Waals surface area (Å²) in [6.45, 7) is 0. The van der Waals surface area contributed by atoms with E-state index in [1.165, 1.54) is 12.1 Å². The first kappa shape index (κ1) is 14.8. The van der Waals surface area contributed by atoms with Gasteiger partial charge in [0, 0.05) is 0 Å². The molecule has 1 atom stereocenters. The summed E-state index contributed by atoms with van der Waals surface area (Å²) in [5, 5.41) is 10.9. The summed E-state index contributed by atoms with van der Waals surface area (Å²) in [7, 11) is 0. The molecule has 0 aromatic heterocycles. The SMILES string of the molecule is O=CN[C@H](CC(=O)O)c1cccc(OC(F)(F)F)c1. The lowest BCUT2D eigenvalue weighted by atomic mass is 10.0. The second-order valence-electron chi connectivity index (χ2n) is 3.56. The summed E-state index contributed by atoms with van der Waals surface area (Å²) in [5.74, 6) is -1.67. The minimum atomic E-state index is -4.83. The Balaban J connectivity index is 2.94. The van der Waals surface area contributed by atoms with Gasteiger partial charge in [0.05, 0.1) is 12.5 Å². The van der Waals surface area contributed by atoms with E-state index in [-0.39, 0.29) is 12.0 Å². The summed E-state index contributed by atoms with van der Waals surface area (Å²) in [4.78, 5) is 21.0. The van der Waals surface area contributed by atoms with Crippen molar-refractivity contribution in [2.45, 2.75) is 18.8 Å². The van der Waals surface area contributed by atoms with E-state index in [9.17, 15) is 22.8 Å². The van der Waals surface area contributed by atoms with Crippen molar-refractivity contribution in [3.8, 4) is 5.75 Å². The maximum absolute atomic E-state index is 12.0. The quantitative estimate of drug-likeness (QED) is 0.778. The molecule has 2 N–H and O–H groups in total. The van der Waals surface area contributed by atoms with Crippen molar-refractivity contribution in [3.63, 3.8) is 0 Å². The van der Waals surface area contributed by atoms with Crippen molar-refractivity contribution >= 4 is 12.4 Å². The molecule has 0 radical (unpaired) electrons. The highest BCUT2D eigenvalue weighted by Crippen LogP contribution is 2.26. The molecule has 5 nitrogen and oxygen atoms in total.